The zero-order chi connectivity index (χ0) is 14.7. The molecule has 2 aromatic rings. The standard InChI is InChI=1S/C16H22N2O2/c1-10(8-11(2)19)17-16(20)9-14-12(3)18-15-7-5-4-6-13(14)15/h4-7,10-11,18-19H,8-9H2,1-3H3,(H,17,20). The largest absolute Gasteiger partial charge is 0.393 e. The molecule has 1 aromatic carbocycles. The van der Waals surface area contributed by atoms with E-state index in [2.05, 4.69) is 10.3 Å². The van der Waals surface area contributed by atoms with Gasteiger partial charge in [-0.2, -0.15) is 0 Å². The van der Waals surface area contributed by atoms with E-state index in [4.69, 9.17) is 0 Å². The summed E-state index contributed by atoms with van der Waals surface area (Å²) in [5.74, 6) is -0.00833. The van der Waals surface area contributed by atoms with Crippen molar-refractivity contribution < 1.29 is 9.90 Å². The molecule has 0 saturated carbocycles. The Hall–Kier alpha value is -1.81. The summed E-state index contributed by atoms with van der Waals surface area (Å²) < 4.78 is 0. The van der Waals surface area contributed by atoms with Crippen molar-refractivity contribution in [3.8, 4) is 0 Å². The van der Waals surface area contributed by atoms with Gasteiger partial charge in [0.1, 0.15) is 0 Å². The monoisotopic (exact) mass is 274 g/mol. The van der Waals surface area contributed by atoms with Crippen LogP contribution >= 0.6 is 0 Å². The first-order valence-electron chi connectivity index (χ1n) is 7.01. The normalized spacial score (nSPS) is 14.2. The summed E-state index contributed by atoms with van der Waals surface area (Å²) in [6.07, 6.45) is 0.527. The maximum absolute atomic E-state index is 12.1. The van der Waals surface area contributed by atoms with E-state index in [-0.39, 0.29) is 11.9 Å². The van der Waals surface area contributed by atoms with Crippen LogP contribution in [-0.4, -0.2) is 28.1 Å². The molecule has 3 N–H and O–H groups in total. The number of hydrogen-bond donors (Lipinski definition) is 3. The molecule has 0 radical (unpaired) electrons. The van der Waals surface area contributed by atoms with Crippen LogP contribution in [0.3, 0.4) is 0 Å². The van der Waals surface area contributed by atoms with Crippen molar-refractivity contribution >= 4 is 16.8 Å². The van der Waals surface area contributed by atoms with Gasteiger partial charge in [-0.05, 0) is 38.8 Å². The fourth-order valence-electron chi connectivity index (χ4n) is 2.62. The highest BCUT2D eigenvalue weighted by molar-refractivity contribution is 5.90. The number of fused-ring (bicyclic) bond motifs is 1. The molecule has 1 amide bonds. The fraction of sp³-hybridized carbons (Fsp3) is 0.438. The minimum Gasteiger partial charge on any atom is -0.393 e. The molecular formula is C16H22N2O2. The summed E-state index contributed by atoms with van der Waals surface area (Å²) in [4.78, 5) is 15.4. The summed E-state index contributed by atoms with van der Waals surface area (Å²) in [6, 6.07) is 7.98. The van der Waals surface area contributed by atoms with Crippen molar-refractivity contribution in [2.45, 2.75) is 45.8 Å². The molecular weight excluding hydrogens is 252 g/mol. The van der Waals surface area contributed by atoms with E-state index >= 15 is 0 Å². The topological polar surface area (TPSA) is 65.1 Å². The number of benzene rings is 1. The van der Waals surface area contributed by atoms with E-state index in [1.54, 1.807) is 6.92 Å². The van der Waals surface area contributed by atoms with Gasteiger partial charge in [-0.3, -0.25) is 4.79 Å². The number of aliphatic hydroxyl groups excluding tert-OH is 1. The van der Waals surface area contributed by atoms with Crippen molar-refractivity contribution in [1.29, 1.82) is 0 Å². The van der Waals surface area contributed by atoms with Gasteiger partial charge in [-0.25, -0.2) is 0 Å². The van der Waals surface area contributed by atoms with Gasteiger partial charge < -0.3 is 15.4 Å². The first kappa shape index (κ1) is 14.6. The Morgan fingerprint density at radius 1 is 1.35 bits per heavy atom. The fourth-order valence-corrected chi connectivity index (χ4v) is 2.62. The predicted octanol–water partition coefficient (Wildman–Crippen LogP) is 2.29. The number of rotatable bonds is 5. The van der Waals surface area contributed by atoms with Crippen molar-refractivity contribution in [1.82, 2.24) is 10.3 Å². The second kappa shape index (κ2) is 6.09. The average molecular weight is 274 g/mol. The lowest BCUT2D eigenvalue weighted by molar-refractivity contribution is -0.121. The molecule has 0 aliphatic heterocycles. The van der Waals surface area contributed by atoms with Crippen LogP contribution in [0, 0.1) is 6.92 Å². The highest BCUT2D eigenvalue weighted by Crippen LogP contribution is 2.22. The van der Waals surface area contributed by atoms with Gasteiger partial charge in [-0.1, -0.05) is 18.2 Å². The first-order valence-corrected chi connectivity index (χ1v) is 7.01. The summed E-state index contributed by atoms with van der Waals surface area (Å²) in [7, 11) is 0. The third-order valence-electron chi connectivity index (χ3n) is 3.47. The minimum atomic E-state index is -0.403. The molecule has 4 heteroatoms. The third kappa shape index (κ3) is 3.39. The van der Waals surface area contributed by atoms with Crippen LogP contribution in [0.2, 0.25) is 0 Å². The van der Waals surface area contributed by atoms with Gasteiger partial charge in [0, 0.05) is 22.6 Å². The molecule has 0 fully saturated rings. The number of aliphatic hydroxyl groups is 1. The highest BCUT2D eigenvalue weighted by atomic mass is 16.3. The van der Waals surface area contributed by atoms with Crippen molar-refractivity contribution in [3.05, 3.63) is 35.5 Å². The van der Waals surface area contributed by atoms with Gasteiger partial charge >= 0.3 is 0 Å². The van der Waals surface area contributed by atoms with E-state index in [0.717, 1.165) is 22.2 Å². The van der Waals surface area contributed by atoms with Crippen LogP contribution in [0.4, 0.5) is 0 Å². The lowest BCUT2D eigenvalue weighted by Gasteiger charge is -2.15. The van der Waals surface area contributed by atoms with E-state index in [9.17, 15) is 9.90 Å². The predicted molar refractivity (Wildman–Crippen MR) is 80.6 cm³/mol. The number of hydrogen-bond acceptors (Lipinski definition) is 2. The maximum atomic E-state index is 12.1. The molecule has 0 saturated heterocycles. The van der Waals surface area contributed by atoms with Crippen molar-refractivity contribution in [2.24, 2.45) is 0 Å². The van der Waals surface area contributed by atoms with Crippen LogP contribution in [0.5, 0.6) is 0 Å². The van der Waals surface area contributed by atoms with Crippen LogP contribution < -0.4 is 5.32 Å². The van der Waals surface area contributed by atoms with Crippen LogP contribution in [0.25, 0.3) is 10.9 Å². The molecule has 4 nitrogen and oxygen atoms in total. The van der Waals surface area contributed by atoms with Crippen LogP contribution in [0.15, 0.2) is 24.3 Å². The molecule has 0 aliphatic carbocycles. The Labute approximate surface area is 119 Å². The Morgan fingerprint density at radius 2 is 2.05 bits per heavy atom. The van der Waals surface area contributed by atoms with Crippen molar-refractivity contribution in [2.75, 3.05) is 0 Å². The number of nitrogens with one attached hydrogen (secondary N) is 2. The highest BCUT2D eigenvalue weighted by Gasteiger charge is 2.14. The van der Waals surface area contributed by atoms with Gasteiger partial charge in [0.2, 0.25) is 5.91 Å². The van der Waals surface area contributed by atoms with E-state index < -0.39 is 6.10 Å². The number of carbonyl (C=O) groups excluding carboxylic acids is 1. The second-order valence-corrected chi connectivity index (χ2v) is 5.50. The number of aromatic nitrogens is 1. The molecule has 0 bridgehead atoms. The van der Waals surface area contributed by atoms with Gasteiger partial charge in [0.05, 0.1) is 12.5 Å². The quantitative estimate of drug-likeness (QED) is 0.783. The number of amides is 1. The van der Waals surface area contributed by atoms with Crippen molar-refractivity contribution in [3.63, 3.8) is 0 Å². The zero-order valence-corrected chi connectivity index (χ0v) is 12.2. The smallest absolute Gasteiger partial charge is 0.224 e. The van der Waals surface area contributed by atoms with Gasteiger partial charge in [0.25, 0.3) is 0 Å². The van der Waals surface area contributed by atoms with Gasteiger partial charge in [-0.15, -0.1) is 0 Å². The van der Waals surface area contributed by atoms with E-state index in [1.807, 2.05) is 38.1 Å². The SMILES string of the molecule is Cc1[nH]c2ccccc2c1CC(=O)NC(C)CC(C)O. The molecule has 2 rings (SSSR count). The Balaban J connectivity index is 2.08. The maximum Gasteiger partial charge on any atom is 0.224 e. The molecule has 0 spiro atoms. The Bertz CT molecular complexity index is 602. The zero-order valence-electron chi connectivity index (χ0n) is 12.2. The molecule has 108 valence electrons. The number of H-pyrrole nitrogens is 1. The Kier molecular flexibility index (Phi) is 4.45. The molecule has 2 atom stereocenters. The van der Waals surface area contributed by atoms with Crippen LogP contribution in [0.1, 0.15) is 31.5 Å². The number of para-hydroxylation sites is 1. The Morgan fingerprint density at radius 3 is 2.75 bits per heavy atom. The average Bonchev–Trinajstić information content (AvgIpc) is 2.65. The summed E-state index contributed by atoms with van der Waals surface area (Å²) in [6.45, 7) is 5.63. The summed E-state index contributed by atoms with van der Waals surface area (Å²) >= 11 is 0. The first-order chi connectivity index (χ1) is 9.47. The summed E-state index contributed by atoms with van der Waals surface area (Å²) in [5.41, 5.74) is 3.14. The molecule has 1 heterocycles. The number of aryl methyl sites for hydroxylation is 1. The third-order valence-corrected chi connectivity index (χ3v) is 3.47. The van der Waals surface area contributed by atoms with Gasteiger partial charge in [0.15, 0.2) is 0 Å². The van der Waals surface area contributed by atoms with Crippen LogP contribution in [-0.2, 0) is 11.2 Å². The molecule has 20 heavy (non-hydrogen) atoms. The minimum absolute atomic E-state index is 0.00833. The number of carbonyl (C=O) groups is 1. The summed E-state index contributed by atoms with van der Waals surface area (Å²) in [5, 5.41) is 13.4. The van der Waals surface area contributed by atoms with E-state index in [1.165, 1.54) is 0 Å². The number of aromatic amines is 1. The molecule has 1 aromatic heterocycles. The lowest BCUT2D eigenvalue weighted by atomic mass is 10.1. The van der Waals surface area contributed by atoms with E-state index in [0.29, 0.717) is 12.8 Å². The second-order valence-electron chi connectivity index (χ2n) is 5.50. The molecule has 0 aliphatic rings. The lowest BCUT2D eigenvalue weighted by Crippen LogP contribution is -2.35. The molecule has 2 unspecified atom stereocenters.